The fourth-order valence-corrected chi connectivity index (χ4v) is 5.07. The van der Waals surface area contributed by atoms with Gasteiger partial charge in [-0.05, 0) is 37.1 Å². The van der Waals surface area contributed by atoms with E-state index in [-0.39, 0.29) is 0 Å². The van der Waals surface area contributed by atoms with Gasteiger partial charge in [0.1, 0.15) is 17.3 Å². The van der Waals surface area contributed by atoms with Crippen LogP contribution in [0.4, 0.5) is 0 Å². The summed E-state index contributed by atoms with van der Waals surface area (Å²) in [5, 5.41) is 0. The van der Waals surface area contributed by atoms with Crippen LogP contribution in [0.25, 0.3) is 5.70 Å². The second-order valence-corrected chi connectivity index (χ2v) is 8.34. The Hall–Kier alpha value is -2.97. The van der Waals surface area contributed by atoms with Crippen molar-refractivity contribution in [3.8, 4) is 11.8 Å². The molecule has 1 fully saturated rings. The molecule has 140 valence electrons. The van der Waals surface area contributed by atoms with Crippen molar-refractivity contribution >= 4 is 23.2 Å². The number of nitrogens with zero attached hydrogens (tertiary/aromatic N) is 3. The molecule has 0 saturated heterocycles. The summed E-state index contributed by atoms with van der Waals surface area (Å²) in [5.41, 5.74) is 8.79. The molecule has 4 nitrogen and oxygen atoms in total. The molecule has 0 bridgehead atoms. The average Bonchev–Trinajstić information content (AvgIpc) is 3.47. The van der Waals surface area contributed by atoms with Crippen LogP contribution in [0.1, 0.15) is 41.0 Å². The lowest BCUT2D eigenvalue weighted by Gasteiger charge is -2.31. The van der Waals surface area contributed by atoms with Crippen molar-refractivity contribution in [1.82, 2.24) is 9.80 Å². The second-order valence-electron chi connectivity index (χ2n) is 7.25. The topological polar surface area (TPSA) is 44.9 Å². The van der Waals surface area contributed by atoms with Crippen molar-refractivity contribution in [2.24, 2.45) is 10.7 Å². The van der Waals surface area contributed by atoms with E-state index < -0.39 is 0 Å². The number of hydrogen-bond donors (Lipinski definition) is 1. The first-order valence-corrected chi connectivity index (χ1v) is 10.6. The van der Waals surface area contributed by atoms with Crippen LogP contribution in [0.3, 0.4) is 0 Å². The summed E-state index contributed by atoms with van der Waals surface area (Å²) >= 11 is 1.71. The normalized spacial score (nSPS) is 18.9. The maximum absolute atomic E-state index is 6.63. The molecule has 2 N–H and O–H groups in total. The molecule has 2 aromatic rings. The molecule has 0 spiro atoms. The van der Waals surface area contributed by atoms with E-state index in [2.05, 4.69) is 38.8 Å². The molecular formula is C23H22N4S. The van der Waals surface area contributed by atoms with E-state index in [1.807, 2.05) is 42.7 Å². The number of nitrogens with two attached hydrogens (primary N) is 1. The van der Waals surface area contributed by atoms with Gasteiger partial charge < -0.3 is 15.5 Å². The minimum atomic E-state index is 0.499. The molecule has 1 aromatic heterocycles. The van der Waals surface area contributed by atoms with Gasteiger partial charge in [0, 0.05) is 17.8 Å². The number of hydrogen-bond acceptors (Lipinski definition) is 5. The van der Waals surface area contributed by atoms with E-state index in [0.717, 1.165) is 34.3 Å². The van der Waals surface area contributed by atoms with Crippen LogP contribution in [0.5, 0.6) is 0 Å². The Kier molecular flexibility index (Phi) is 4.42. The van der Waals surface area contributed by atoms with Crippen LogP contribution < -0.4 is 5.73 Å². The highest BCUT2D eigenvalue weighted by Gasteiger charge is 2.39. The summed E-state index contributed by atoms with van der Waals surface area (Å²) in [6.07, 6.45) is 8.84. The highest BCUT2D eigenvalue weighted by Crippen LogP contribution is 2.43. The first kappa shape index (κ1) is 17.2. The van der Waals surface area contributed by atoms with Gasteiger partial charge in [-0.1, -0.05) is 42.9 Å². The summed E-state index contributed by atoms with van der Waals surface area (Å²) in [7, 11) is 0. The van der Waals surface area contributed by atoms with Crippen molar-refractivity contribution in [2.75, 3.05) is 6.54 Å². The fraction of sp³-hybridized carbons (Fsp3) is 0.261. The van der Waals surface area contributed by atoms with E-state index in [4.69, 9.17) is 5.73 Å². The summed E-state index contributed by atoms with van der Waals surface area (Å²) in [6.45, 7) is 0.733. The quantitative estimate of drug-likeness (QED) is 0.788. The molecule has 2 aliphatic heterocycles. The average molecular weight is 387 g/mol. The van der Waals surface area contributed by atoms with Gasteiger partial charge in [0.05, 0.1) is 22.5 Å². The van der Waals surface area contributed by atoms with Crippen molar-refractivity contribution in [3.63, 3.8) is 0 Å². The van der Waals surface area contributed by atoms with Gasteiger partial charge in [0.25, 0.3) is 0 Å². The lowest BCUT2D eigenvalue weighted by molar-refractivity contribution is 0.305. The Morgan fingerprint density at radius 2 is 1.86 bits per heavy atom. The van der Waals surface area contributed by atoms with Gasteiger partial charge in [-0.15, -0.1) is 11.3 Å². The molecule has 3 heterocycles. The lowest BCUT2D eigenvalue weighted by atomic mass is 10.2. The fourth-order valence-electron chi connectivity index (χ4n) is 4.16. The Balaban J connectivity index is 1.50. The largest absolute Gasteiger partial charge is 0.383 e. The van der Waals surface area contributed by atoms with Crippen LogP contribution in [-0.2, 0) is 0 Å². The van der Waals surface area contributed by atoms with Crippen LogP contribution >= 0.6 is 11.3 Å². The molecule has 0 radical (unpaired) electrons. The third-order valence-corrected chi connectivity index (χ3v) is 6.50. The van der Waals surface area contributed by atoms with Crippen LogP contribution in [-0.4, -0.2) is 28.6 Å². The SMILES string of the molecule is NC1=C(c2ccc(C#Cc3ccccc3)s2)N(C2CCCC2)C2=CN=CCN21. The second kappa shape index (κ2) is 7.21. The van der Waals surface area contributed by atoms with Gasteiger partial charge in [-0.25, -0.2) is 0 Å². The van der Waals surface area contributed by atoms with Crippen LogP contribution in [0, 0.1) is 11.8 Å². The number of benzene rings is 1. The Bertz CT molecular complexity index is 1030. The summed E-state index contributed by atoms with van der Waals surface area (Å²) in [6, 6.07) is 14.9. The minimum absolute atomic E-state index is 0.499. The molecule has 1 saturated carbocycles. The smallest absolute Gasteiger partial charge is 0.134 e. The maximum atomic E-state index is 6.63. The first-order valence-electron chi connectivity index (χ1n) is 9.77. The number of aliphatic imine (C=N–C) groups is 1. The van der Waals surface area contributed by atoms with Crippen LogP contribution in [0.2, 0.25) is 0 Å². The molecule has 0 unspecified atom stereocenters. The molecule has 3 aliphatic rings. The Labute approximate surface area is 169 Å². The molecule has 5 rings (SSSR count). The Morgan fingerprint density at radius 1 is 1.04 bits per heavy atom. The molecule has 0 amide bonds. The van der Waals surface area contributed by atoms with Crippen molar-refractivity contribution in [3.05, 3.63) is 75.6 Å². The minimum Gasteiger partial charge on any atom is -0.383 e. The van der Waals surface area contributed by atoms with E-state index in [1.54, 1.807) is 11.3 Å². The first-order chi connectivity index (χ1) is 13.8. The van der Waals surface area contributed by atoms with Crippen molar-refractivity contribution < 1.29 is 0 Å². The van der Waals surface area contributed by atoms with E-state index in [9.17, 15) is 0 Å². The summed E-state index contributed by atoms with van der Waals surface area (Å²) < 4.78 is 0. The molecular weight excluding hydrogens is 364 g/mol. The third kappa shape index (κ3) is 3.00. The van der Waals surface area contributed by atoms with Gasteiger partial charge in [0.15, 0.2) is 0 Å². The van der Waals surface area contributed by atoms with Crippen molar-refractivity contribution in [2.45, 2.75) is 31.7 Å². The number of rotatable bonds is 2. The summed E-state index contributed by atoms with van der Waals surface area (Å²) in [5.74, 6) is 8.50. The molecule has 0 atom stereocenters. The predicted octanol–water partition coefficient (Wildman–Crippen LogP) is 4.18. The lowest BCUT2D eigenvalue weighted by Crippen LogP contribution is -2.34. The highest BCUT2D eigenvalue weighted by atomic mass is 32.1. The Morgan fingerprint density at radius 3 is 2.68 bits per heavy atom. The predicted molar refractivity (Wildman–Crippen MR) is 115 cm³/mol. The van der Waals surface area contributed by atoms with Gasteiger partial charge in [-0.2, -0.15) is 0 Å². The van der Waals surface area contributed by atoms with E-state index in [1.165, 1.54) is 30.6 Å². The third-order valence-electron chi connectivity index (χ3n) is 5.49. The van der Waals surface area contributed by atoms with Crippen LogP contribution in [0.15, 0.2) is 65.3 Å². The molecule has 5 heteroatoms. The zero-order valence-electron chi connectivity index (χ0n) is 15.6. The monoisotopic (exact) mass is 386 g/mol. The number of thiophene rings is 1. The molecule has 28 heavy (non-hydrogen) atoms. The van der Waals surface area contributed by atoms with E-state index >= 15 is 0 Å². The summed E-state index contributed by atoms with van der Waals surface area (Å²) in [4.78, 5) is 11.2. The maximum Gasteiger partial charge on any atom is 0.134 e. The number of fused-ring (bicyclic) bond motifs is 1. The zero-order chi connectivity index (χ0) is 18.9. The highest BCUT2D eigenvalue weighted by molar-refractivity contribution is 7.13. The van der Waals surface area contributed by atoms with Gasteiger partial charge in [0.2, 0.25) is 0 Å². The molecule has 1 aromatic carbocycles. The van der Waals surface area contributed by atoms with Gasteiger partial charge in [-0.3, -0.25) is 4.99 Å². The van der Waals surface area contributed by atoms with E-state index in [0.29, 0.717) is 6.04 Å². The standard InChI is InChI=1S/C23H22N4S/c24-23-22(20-13-12-19(28-20)11-10-17-6-2-1-3-7-17)27(18-8-4-5-9-18)21-16-25-14-15-26(21)23/h1-3,6-7,12-14,16,18H,4-5,8-9,15,24H2. The zero-order valence-corrected chi connectivity index (χ0v) is 16.5. The van der Waals surface area contributed by atoms with Crippen molar-refractivity contribution in [1.29, 1.82) is 0 Å². The van der Waals surface area contributed by atoms with Gasteiger partial charge >= 0.3 is 0 Å². The molecule has 1 aliphatic carbocycles.